The maximum absolute atomic E-state index is 12.9. The van der Waals surface area contributed by atoms with Gasteiger partial charge in [-0.15, -0.1) is 0 Å². The molecule has 0 saturated heterocycles. The van der Waals surface area contributed by atoms with Crippen LogP contribution in [0.3, 0.4) is 0 Å². The third-order valence-corrected chi connectivity index (χ3v) is 4.23. The van der Waals surface area contributed by atoms with Gasteiger partial charge in [0.2, 0.25) is 5.91 Å². The fourth-order valence-corrected chi connectivity index (χ4v) is 3.01. The highest BCUT2D eigenvalue weighted by atomic mass is 16.3. The van der Waals surface area contributed by atoms with Crippen LogP contribution >= 0.6 is 0 Å². The van der Waals surface area contributed by atoms with Gasteiger partial charge >= 0.3 is 0 Å². The van der Waals surface area contributed by atoms with Crippen LogP contribution in [0, 0.1) is 5.92 Å². The second-order valence-electron chi connectivity index (χ2n) is 6.48. The number of fused-ring (bicyclic) bond motifs is 1. The lowest BCUT2D eigenvalue weighted by Crippen LogP contribution is -2.48. The van der Waals surface area contributed by atoms with E-state index in [0.29, 0.717) is 23.5 Å². The summed E-state index contributed by atoms with van der Waals surface area (Å²) in [4.78, 5) is 26.6. The minimum absolute atomic E-state index is 0.143. The van der Waals surface area contributed by atoms with E-state index in [4.69, 9.17) is 0 Å². The van der Waals surface area contributed by atoms with Crippen molar-refractivity contribution in [1.82, 2.24) is 4.90 Å². The Morgan fingerprint density at radius 3 is 2.50 bits per heavy atom. The molecule has 0 fully saturated rings. The Kier molecular flexibility index (Phi) is 4.40. The maximum Gasteiger partial charge on any atom is 0.240 e. The number of likely N-dealkylation sites (N-methyl/N-ethyl adjacent to an activating group) is 1. The van der Waals surface area contributed by atoms with Crippen molar-refractivity contribution in [1.29, 1.82) is 0 Å². The van der Waals surface area contributed by atoms with E-state index in [2.05, 4.69) is 13.8 Å². The van der Waals surface area contributed by atoms with Gasteiger partial charge in [0.25, 0.3) is 0 Å². The average Bonchev–Trinajstić information content (AvgIpc) is 2.46. The zero-order chi connectivity index (χ0) is 16.5. The molecular weight excluding hydrogens is 278 g/mol. The largest absolute Gasteiger partial charge is 0.511 e. The van der Waals surface area contributed by atoms with Crippen LogP contribution in [0.4, 0.5) is 0 Å². The molecule has 0 aliphatic heterocycles. The highest BCUT2D eigenvalue weighted by molar-refractivity contribution is 6.11. The van der Waals surface area contributed by atoms with E-state index in [1.165, 1.54) is 11.0 Å². The third-order valence-electron chi connectivity index (χ3n) is 4.23. The Morgan fingerprint density at radius 2 is 1.91 bits per heavy atom. The minimum Gasteiger partial charge on any atom is -0.511 e. The summed E-state index contributed by atoms with van der Waals surface area (Å²) in [5.74, 6) is -0.193. The van der Waals surface area contributed by atoms with Crippen molar-refractivity contribution in [2.45, 2.75) is 32.1 Å². The first-order valence-electron chi connectivity index (χ1n) is 7.57. The van der Waals surface area contributed by atoms with Crippen LogP contribution in [0.1, 0.15) is 42.6 Å². The van der Waals surface area contributed by atoms with Crippen LogP contribution in [-0.4, -0.2) is 35.8 Å². The lowest BCUT2D eigenvalue weighted by atomic mass is 9.68. The van der Waals surface area contributed by atoms with E-state index >= 15 is 0 Å². The Balaban J connectivity index is 2.67. The zero-order valence-electron chi connectivity index (χ0n) is 13.6. The average molecular weight is 301 g/mol. The molecule has 0 heterocycles. The molecule has 0 spiro atoms. The molecule has 1 atom stereocenters. The molecule has 4 heteroatoms. The summed E-state index contributed by atoms with van der Waals surface area (Å²) >= 11 is 0. The predicted octanol–water partition coefficient (Wildman–Crippen LogP) is 3.09. The topological polar surface area (TPSA) is 57.6 Å². The molecule has 22 heavy (non-hydrogen) atoms. The third kappa shape index (κ3) is 2.54. The molecule has 1 aromatic rings. The molecule has 1 N–H and O–H groups in total. The molecule has 4 nitrogen and oxygen atoms in total. The van der Waals surface area contributed by atoms with E-state index < -0.39 is 5.41 Å². The molecule has 1 aliphatic rings. The quantitative estimate of drug-likeness (QED) is 0.929. The molecule has 2 rings (SSSR count). The summed E-state index contributed by atoms with van der Waals surface area (Å²) in [5.41, 5.74) is -0.0447. The molecule has 118 valence electrons. The van der Waals surface area contributed by atoms with Gasteiger partial charge in [-0.05, 0) is 24.3 Å². The lowest BCUT2D eigenvalue weighted by molar-refractivity contribution is -0.135. The van der Waals surface area contributed by atoms with E-state index in [0.717, 1.165) is 6.42 Å². The van der Waals surface area contributed by atoms with Crippen LogP contribution in [0.2, 0.25) is 0 Å². The Bertz CT molecular complexity index is 631. The van der Waals surface area contributed by atoms with Gasteiger partial charge in [-0.1, -0.05) is 38.1 Å². The number of aliphatic hydroxyl groups is 1. The maximum atomic E-state index is 12.9. The van der Waals surface area contributed by atoms with Crippen molar-refractivity contribution < 1.29 is 14.7 Å². The van der Waals surface area contributed by atoms with E-state index in [-0.39, 0.29) is 17.4 Å². The lowest BCUT2D eigenvalue weighted by Gasteiger charge is -2.38. The van der Waals surface area contributed by atoms with Gasteiger partial charge in [0.05, 0.1) is 0 Å². The second kappa shape index (κ2) is 5.95. The van der Waals surface area contributed by atoms with Crippen LogP contribution in [0.15, 0.2) is 36.1 Å². The Hall–Kier alpha value is -2.10. The van der Waals surface area contributed by atoms with Crippen molar-refractivity contribution in [2.75, 3.05) is 14.1 Å². The first kappa shape index (κ1) is 16.3. The van der Waals surface area contributed by atoms with Crippen molar-refractivity contribution in [3.63, 3.8) is 0 Å². The molecule has 1 aromatic carbocycles. The Labute approximate surface area is 131 Å². The standard InChI is InChI=1S/C18H23NO3/c1-12(2)9-10-18(17(22)19(3)4)14-8-6-5-7-13(14)15(20)11-16(18)21/h5-8,11-12,21H,9-10H2,1-4H3. The van der Waals surface area contributed by atoms with Crippen LogP contribution in [0.5, 0.6) is 0 Å². The number of aliphatic hydroxyl groups excluding tert-OH is 1. The SMILES string of the molecule is CC(C)CCC1(C(=O)N(C)C)C(O)=CC(=O)c2ccccc21. The molecule has 0 bridgehead atoms. The van der Waals surface area contributed by atoms with E-state index in [1.807, 2.05) is 0 Å². The molecule has 1 amide bonds. The molecule has 1 unspecified atom stereocenters. The van der Waals surface area contributed by atoms with Crippen molar-refractivity contribution in [2.24, 2.45) is 5.92 Å². The van der Waals surface area contributed by atoms with Crippen molar-refractivity contribution in [3.05, 3.63) is 47.2 Å². The minimum atomic E-state index is -1.15. The zero-order valence-corrected chi connectivity index (χ0v) is 13.6. The number of rotatable bonds is 4. The summed E-state index contributed by atoms with van der Waals surface area (Å²) in [7, 11) is 3.34. The van der Waals surface area contributed by atoms with Gasteiger partial charge in [0.1, 0.15) is 11.2 Å². The predicted molar refractivity (Wildman–Crippen MR) is 85.9 cm³/mol. The number of carbonyl (C=O) groups is 2. The van der Waals surface area contributed by atoms with Crippen molar-refractivity contribution in [3.8, 4) is 0 Å². The molecule has 0 aromatic heterocycles. The molecule has 0 radical (unpaired) electrons. The molecule has 0 saturated carbocycles. The van der Waals surface area contributed by atoms with Crippen LogP contribution in [0.25, 0.3) is 0 Å². The smallest absolute Gasteiger partial charge is 0.240 e. The highest BCUT2D eigenvalue weighted by Gasteiger charge is 2.49. The summed E-state index contributed by atoms with van der Waals surface area (Å²) in [6, 6.07) is 7.07. The number of carbonyl (C=O) groups excluding carboxylic acids is 2. The number of hydrogen-bond acceptors (Lipinski definition) is 3. The van der Waals surface area contributed by atoms with Gasteiger partial charge < -0.3 is 10.0 Å². The molecule has 1 aliphatic carbocycles. The van der Waals surface area contributed by atoms with Crippen molar-refractivity contribution >= 4 is 11.7 Å². The first-order chi connectivity index (χ1) is 10.3. The highest BCUT2D eigenvalue weighted by Crippen LogP contribution is 2.43. The first-order valence-corrected chi connectivity index (χ1v) is 7.57. The number of nitrogens with zero attached hydrogens (tertiary/aromatic N) is 1. The van der Waals surface area contributed by atoms with E-state index in [9.17, 15) is 14.7 Å². The summed E-state index contributed by atoms with van der Waals surface area (Å²) in [5, 5.41) is 10.6. The fourth-order valence-electron chi connectivity index (χ4n) is 3.01. The number of ketones is 1. The Morgan fingerprint density at radius 1 is 1.27 bits per heavy atom. The summed E-state index contributed by atoms with van der Waals surface area (Å²) in [6.45, 7) is 4.16. The number of allylic oxidation sites excluding steroid dienone is 1. The van der Waals surface area contributed by atoms with E-state index in [1.54, 1.807) is 38.4 Å². The second-order valence-corrected chi connectivity index (χ2v) is 6.48. The van der Waals surface area contributed by atoms with Gasteiger partial charge in [0.15, 0.2) is 5.78 Å². The van der Waals surface area contributed by atoms with Gasteiger partial charge in [-0.2, -0.15) is 0 Å². The number of benzene rings is 1. The monoisotopic (exact) mass is 301 g/mol. The summed E-state index contributed by atoms with van der Waals surface area (Å²) < 4.78 is 0. The fraction of sp³-hybridized carbons (Fsp3) is 0.444. The summed E-state index contributed by atoms with van der Waals surface area (Å²) in [6.07, 6.45) is 2.46. The van der Waals surface area contributed by atoms with Gasteiger partial charge in [-0.25, -0.2) is 0 Å². The number of amides is 1. The van der Waals surface area contributed by atoms with Gasteiger partial charge in [0, 0.05) is 25.7 Å². The normalized spacial score (nSPS) is 20.6. The number of hydrogen-bond donors (Lipinski definition) is 1. The molecular formula is C18H23NO3. The van der Waals surface area contributed by atoms with Crippen LogP contribution < -0.4 is 0 Å². The van der Waals surface area contributed by atoms with Crippen LogP contribution in [-0.2, 0) is 10.2 Å². The van der Waals surface area contributed by atoms with Gasteiger partial charge in [-0.3, -0.25) is 9.59 Å².